The van der Waals surface area contributed by atoms with Gasteiger partial charge in [0.2, 0.25) is 17.2 Å². The zero-order valence-electron chi connectivity index (χ0n) is 19.6. The van der Waals surface area contributed by atoms with E-state index >= 15 is 0 Å². The molecule has 0 aromatic heterocycles. The van der Waals surface area contributed by atoms with Crippen molar-refractivity contribution >= 4 is 5.97 Å². The standard InChI is InChI=1S/C24H40O7/c1-5-9-10-11-12-13-17-31-21-19(25)18(24(26)27)20(28-14-6-2)22(29-15-7-3)23(21)30-16-8-4/h25H,5-17H2,1-4H3,(H,26,27). The van der Waals surface area contributed by atoms with E-state index < -0.39 is 11.7 Å². The van der Waals surface area contributed by atoms with Crippen LogP contribution in [-0.2, 0) is 0 Å². The van der Waals surface area contributed by atoms with Crippen LogP contribution in [0.3, 0.4) is 0 Å². The number of benzene rings is 1. The fourth-order valence-electron chi connectivity index (χ4n) is 3.05. The number of aromatic carboxylic acids is 1. The lowest BCUT2D eigenvalue weighted by molar-refractivity contribution is 0.0685. The largest absolute Gasteiger partial charge is 0.503 e. The Kier molecular flexibility index (Phi) is 13.3. The predicted molar refractivity (Wildman–Crippen MR) is 121 cm³/mol. The average molecular weight is 441 g/mol. The summed E-state index contributed by atoms with van der Waals surface area (Å²) in [6, 6.07) is 0. The van der Waals surface area contributed by atoms with E-state index in [9.17, 15) is 15.0 Å². The Morgan fingerprint density at radius 1 is 0.613 bits per heavy atom. The molecule has 7 heteroatoms. The molecule has 0 aliphatic rings. The van der Waals surface area contributed by atoms with Crippen molar-refractivity contribution < 1.29 is 34.0 Å². The van der Waals surface area contributed by atoms with Gasteiger partial charge >= 0.3 is 5.97 Å². The van der Waals surface area contributed by atoms with E-state index in [1.807, 2.05) is 20.8 Å². The van der Waals surface area contributed by atoms with E-state index in [0.29, 0.717) is 26.2 Å². The molecular formula is C24H40O7. The van der Waals surface area contributed by atoms with Crippen LogP contribution in [0.15, 0.2) is 0 Å². The molecule has 2 N–H and O–H groups in total. The van der Waals surface area contributed by atoms with Crippen molar-refractivity contribution in [2.75, 3.05) is 26.4 Å². The maximum Gasteiger partial charge on any atom is 0.343 e. The normalized spacial score (nSPS) is 10.7. The second kappa shape index (κ2) is 15.5. The van der Waals surface area contributed by atoms with E-state index in [-0.39, 0.29) is 35.2 Å². The van der Waals surface area contributed by atoms with Crippen LogP contribution in [0.25, 0.3) is 0 Å². The first-order valence-corrected chi connectivity index (χ1v) is 11.7. The molecule has 0 spiro atoms. The van der Waals surface area contributed by atoms with Crippen LogP contribution in [0, 0.1) is 0 Å². The van der Waals surface area contributed by atoms with Gasteiger partial charge in [0.25, 0.3) is 0 Å². The average Bonchev–Trinajstić information content (AvgIpc) is 2.75. The van der Waals surface area contributed by atoms with Crippen molar-refractivity contribution in [1.29, 1.82) is 0 Å². The van der Waals surface area contributed by atoms with Crippen molar-refractivity contribution in [3.63, 3.8) is 0 Å². The zero-order chi connectivity index (χ0) is 23.1. The van der Waals surface area contributed by atoms with E-state index in [2.05, 4.69) is 6.92 Å². The van der Waals surface area contributed by atoms with Gasteiger partial charge in [0, 0.05) is 0 Å². The smallest absolute Gasteiger partial charge is 0.343 e. The number of unbranched alkanes of at least 4 members (excludes halogenated alkanes) is 5. The Morgan fingerprint density at radius 3 is 1.58 bits per heavy atom. The second-order valence-corrected chi connectivity index (χ2v) is 7.51. The summed E-state index contributed by atoms with van der Waals surface area (Å²) in [7, 11) is 0. The molecule has 31 heavy (non-hydrogen) atoms. The molecule has 1 aromatic carbocycles. The molecule has 0 saturated carbocycles. The molecule has 0 aliphatic carbocycles. The molecule has 0 amide bonds. The van der Waals surface area contributed by atoms with Crippen molar-refractivity contribution in [2.45, 2.75) is 85.5 Å². The Bertz CT molecular complexity index is 658. The summed E-state index contributed by atoms with van der Waals surface area (Å²) in [6.45, 7) is 9.36. The highest BCUT2D eigenvalue weighted by Crippen LogP contribution is 2.53. The Balaban J connectivity index is 3.30. The van der Waals surface area contributed by atoms with Crippen LogP contribution >= 0.6 is 0 Å². The van der Waals surface area contributed by atoms with Gasteiger partial charge in [-0.15, -0.1) is 0 Å². The summed E-state index contributed by atoms with van der Waals surface area (Å²) in [5, 5.41) is 20.6. The monoisotopic (exact) mass is 440 g/mol. The van der Waals surface area contributed by atoms with E-state index in [1.165, 1.54) is 19.3 Å². The molecule has 0 saturated heterocycles. The highest BCUT2D eigenvalue weighted by Gasteiger charge is 2.32. The van der Waals surface area contributed by atoms with Crippen LogP contribution in [0.1, 0.15) is 95.8 Å². The first-order valence-electron chi connectivity index (χ1n) is 11.7. The zero-order valence-corrected chi connectivity index (χ0v) is 19.6. The van der Waals surface area contributed by atoms with Gasteiger partial charge in [-0.05, 0) is 25.7 Å². The highest BCUT2D eigenvalue weighted by molar-refractivity contribution is 5.97. The molecular weight excluding hydrogens is 400 g/mol. The summed E-state index contributed by atoms with van der Waals surface area (Å²) in [4.78, 5) is 12.0. The summed E-state index contributed by atoms with van der Waals surface area (Å²) >= 11 is 0. The minimum absolute atomic E-state index is 0.00867. The third-order valence-corrected chi connectivity index (χ3v) is 4.61. The van der Waals surface area contributed by atoms with Crippen LogP contribution in [0.2, 0.25) is 0 Å². The van der Waals surface area contributed by atoms with Gasteiger partial charge in [-0.2, -0.15) is 0 Å². The minimum Gasteiger partial charge on any atom is -0.503 e. The van der Waals surface area contributed by atoms with E-state index in [1.54, 1.807) is 0 Å². The van der Waals surface area contributed by atoms with Crippen molar-refractivity contribution in [3.8, 4) is 28.7 Å². The minimum atomic E-state index is -1.31. The van der Waals surface area contributed by atoms with Crippen molar-refractivity contribution in [2.24, 2.45) is 0 Å². The number of hydrogen-bond acceptors (Lipinski definition) is 6. The van der Waals surface area contributed by atoms with Crippen molar-refractivity contribution in [3.05, 3.63) is 5.56 Å². The summed E-state index contributed by atoms with van der Waals surface area (Å²) in [6.07, 6.45) is 8.66. The lowest BCUT2D eigenvalue weighted by atomic mass is 10.1. The first-order chi connectivity index (χ1) is 15.0. The lowest BCUT2D eigenvalue weighted by Crippen LogP contribution is -2.12. The van der Waals surface area contributed by atoms with E-state index in [0.717, 1.165) is 32.1 Å². The number of carboxylic acid groups (broad SMARTS) is 1. The molecule has 0 fully saturated rings. The maximum atomic E-state index is 12.0. The van der Waals surface area contributed by atoms with Crippen LogP contribution < -0.4 is 18.9 Å². The van der Waals surface area contributed by atoms with Gasteiger partial charge in [0.15, 0.2) is 17.1 Å². The molecule has 0 aliphatic heterocycles. The Labute approximate surface area is 186 Å². The number of carbonyl (C=O) groups is 1. The molecule has 0 radical (unpaired) electrons. The third kappa shape index (κ3) is 8.38. The summed E-state index contributed by atoms with van der Waals surface area (Å²) in [5.41, 5.74) is -0.360. The fourth-order valence-corrected chi connectivity index (χ4v) is 3.05. The molecule has 0 bridgehead atoms. The SMILES string of the molecule is CCCCCCCCOc1c(O)c(C(=O)O)c(OCCC)c(OCCC)c1OCCC. The third-order valence-electron chi connectivity index (χ3n) is 4.61. The quantitative estimate of drug-likeness (QED) is 0.263. The fraction of sp³-hybridized carbons (Fsp3) is 0.708. The topological polar surface area (TPSA) is 94.5 Å². The van der Waals surface area contributed by atoms with Crippen LogP contribution in [0.4, 0.5) is 0 Å². The predicted octanol–water partition coefficient (Wildman–Crippen LogP) is 6.20. The van der Waals surface area contributed by atoms with Crippen molar-refractivity contribution in [1.82, 2.24) is 0 Å². The van der Waals surface area contributed by atoms with Gasteiger partial charge in [-0.1, -0.05) is 59.8 Å². The van der Waals surface area contributed by atoms with Gasteiger partial charge in [-0.25, -0.2) is 4.79 Å². The van der Waals surface area contributed by atoms with E-state index in [4.69, 9.17) is 18.9 Å². The number of carboxylic acids is 1. The molecule has 7 nitrogen and oxygen atoms in total. The molecule has 0 atom stereocenters. The molecule has 178 valence electrons. The number of rotatable bonds is 18. The highest BCUT2D eigenvalue weighted by atomic mass is 16.6. The summed E-state index contributed by atoms with van der Waals surface area (Å²) < 4.78 is 23.3. The second-order valence-electron chi connectivity index (χ2n) is 7.51. The number of aromatic hydroxyl groups is 1. The number of hydrogen-bond donors (Lipinski definition) is 2. The Morgan fingerprint density at radius 2 is 1.06 bits per heavy atom. The number of ether oxygens (including phenoxy) is 4. The molecule has 1 rings (SSSR count). The number of phenols is 1. The Hall–Kier alpha value is -2.31. The van der Waals surface area contributed by atoms with Gasteiger partial charge in [-0.3, -0.25) is 0 Å². The molecule has 1 aromatic rings. The van der Waals surface area contributed by atoms with Gasteiger partial charge in [0.05, 0.1) is 26.4 Å². The van der Waals surface area contributed by atoms with Gasteiger partial charge in [0.1, 0.15) is 0 Å². The summed E-state index contributed by atoms with van der Waals surface area (Å²) in [5.74, 6) is -1.42. The first kappa shape index (κ1) is 26.7. The van der Waals surface area contributed by atoms with Gasteiger partial charge < -0.3 is 29.2 Å². The lowest BCUT2D eigenvalue weighted by Gasteiger charge is -2.22. The van der Waals surface area contributed by atoms with Crippen LogP contribution in [-0.4, -0.2) is 42.6 Å². The van der Waals surface area contributed by atoms with Crippen LogP contribution in [0.5, 0.6) is 28.7 Å². The molecule has 0 unspecified atom stereocenters. The maximum absolute atomic E-state index is 12.0. The molecule has 0 heterocycles.